The molecule has 0 N–H and O–H groups in total. The molecule has 2 aliphatic heterocycles. The smallest absolute Gasteiger partial charge is 0.310 e. The number of piperidine rings is 1. The highest BCUT2D eigenvalue weighted by atomic mass is 16.5. The first-order chi connectivity index (χ1) is 12.6. The van der Waals surface area contributed by atoms with Crippen molar-refractivity contribution in [1.82, 2.24) is 9.80 Å². The van der Waals surface area contributed by atoms with Gasteiger partial charge in [0, 0.05) is 13.1 Å². The van der Waals surface area contributed by atoms with Crippen molar-refractivity contribution in [3.05, 3.63) is 35.9 Å². The molecule has 140 valence electrons. The fourth-order valence-corrected chi connectivity index (χ4v) is 3.81. The zero-order chi connectivity index (χ0) is 18.5. The standard InChI is InChI=1S/C20H26N2O4/c1-2-26-20(25)16-9-6-11-21(14-16)17-13-18(23)22(19(17)24)12-10-15-7-4-3-5-8-15/h3-5,7-8,16-17H,2,6,9-14H2,1H3/t16-,17+/m0/s1. The Balaban J connectivity index is 1.60. The molecule has 0 spiro atoms. The van der Waals surface area contributed by atoms with Gasteiger partial charge >= 0.3 is 5.97 Å². The Bertz CT molecular complexity index is 661. The third-order valence-electron chi connectivity index (χ3n) is 5.20. The van der Waals surface area contributed by atoms with Crippen LogP contribution >= 0.6 is 0 Å². The Morgan fingerprint density at radius 2 is 2.00 bits per heavy atom. The molecule has 2 aliphatic rings. The number of hydrogen-bond acceptors (Lipinski definition) is 5. The van der Waals surface area contributed by atoms with Crippen molar-refractivity contribution >= 4 is 17.8 Å². The molecule has 1 aromatic carbocycles. The normalized spacial score (nSPS) is 24.1. The molecule has 6 nitrogen and oxygen atoms in total. The monoisotopic (exact) mass is 358 g/mol. The van der Waals surface area contributed by atoms with Gasteiger partial charge in [0.15, 0.2) is 0 Å². The lowest BCUT2D eigenvalue weighted by atomic mass is 9.96. The van der Waals surface area contributed by atoms with E-state index in [2.05, 4.69) is 0 Å². The van der Waals surface area contributed by atoms with Crippen molar-refractivity contribution in [2.45, 2.75) is 38.6 Å². The molecule has 2 heterocycles. The molecule has 0 aliphatic carbocycles. The van der Waals surface area contributed by atoms with E-state index < -0.39 is 6.04 Å². The minimum atomic E-state index is -0.435. The van der Waals surface area contributed by atoms with Crippen LogP contribution in [-0.4, -0.2) is 59.9 Å². The summed E-state index contributed by atoms with van der Waals surface area (Å²) < 4.78 is 5.12. The molecule has 2 fully saturated rings. The van der Waals surface area contributed by atoms with Crippen molar-refractivity contribution < 1.29 is 19.1 Å². The summed E-state index contributed by atoms with van der Waals surface area (Å²) >= 11 is 0. The zero-order valence-electron chi connectivity index (χ0n) is 15.2. The van der Waals surface area contributed by atoms with Crippen LogP contribution in [0.5, 0.6) is 0 Å². The summed E-state index contributed by atoms with van der Waals surface area (Å²) in [6.07, 6.45) is 2.49. The second-order valence-corrected chi connectivity index (χ2v) is 6.93. The van der Waals surface area contributed by atoms with Crippen molar-refractivity contribution in [3.8, 4) is 0 Å². The topological polar surface area (TPSA) is 66.9 Å². The lowest BCUT2D eigenvalue weighted by Gasteiger charge is -2.34. The number of ether oxygens (including phenoxy) is 1. The van der Waals surface area contributed by atoms with Crippen molar-refractivity contribution in [3.63, 3.8) is 0 Å². The van der Waals surface area contributed by atoms with Gasteiger partial charge in [-0.3, -0.25) is 24.2 Å². The van der Waals surface area contributed by atoms with Gasteiger partial charge in [-0.1, -0.05) is 30.3 Å². The zero-order valence-corrected chi connectivity index (χ0v) is 15.2. The minimum absolute atomic E-state index is 0.116. The lowest BCUT2D eigenvalue weighted by Crippen LogP contribution is -2.48. The molecule has 0 saturated carbocycles. The number of carbonyl (C=O) groups excluding carboxylic acids is 3. The number of benzene rings is 1. The van der Waals surface area contributed by atoms with Crippen molar-refractivity contribution in [1.29, 1.82) is 0 Å². The molecule has 3 rings (SSSR count). The minimum Gasteiger partial charge on any atom is -0.466 e. The van der Waals surface area contributed by atoms with Gasteiger partial charge in [-0.2, -0.15) is 0 Å². The van der Waals surface area contributed by atoms with Crippen LogP contribution in [0, 0.1) is 5.92 Å². The number of rotatable bonds is 6. The quantitative estimate of drug-likeness (QED) is 0.571. The third-order valence-corrected chi connectivity index (χ3v) is 5.20. The van der Waals surface area contributed by atoms with Crippen LogP contribution in [0.4, 0.5) is 0 Å². The van der Waals surface area contributed by atoms with E-state index in [9.17, 15) is 14.4 Å². The van der Waals surface area contributed by atoms with E-state index in [1.165, 1.54) is 4.90 Å². The maximum atomic E-state index is 12.8. The number of carbonyl (C=O) groups is 3. The number of imide groups is 1. The van der Waals surface area contributed by atoms with E-state index in [0.29, 0.717) is 26.1 Å². The Kier molecular flexibility index (Phi) is 6.04. The van der Waals surface area contributed by atoms with Crippen LogP contribution in [0.1, 0.15) is 31.7 Å². The summed E-state index contributed by atoms with van der Waals surface area (Å²) in [6.45, 7) is 3.81. The van der Waals surface area contributed by atoms with E-state index in [1.807, 2.05) is 35.2 Å². The van der Waals surface area contributed by atoms with E-state index in [-0.39, 0.29) is 30.1 Å². The molecule has 0 unspecified atom stereocenters. The van der Waals surface area contributed by atoms with Gasteiger partial charge in [0.2, 0.25) is 11.8 Å². The van der Waals surface area contributed by atoms with Gasteiger partial charge in [0.25, 0.3) is 0 Å². The maximum absolute atomic E-state index is 12.8. The predicted octanol–water partition coefficient (Wildman–Crippen LogP) is 1.63. The molecule has 2 saturated heterocycles. The van der Waals surface area contributed by atoms with Gasteiger partial charge in [0.1, 0.15) is 0 Å². The van der Waals surface area contributed by atoms with Crippen LogP contribution in [0.25, 0.3) is 0 Å². The van der Waals surface area contributed by atoms with E-state index in [1.54, 1.807) is 6.92 Å². The number of nitrogens with zero attached hydrogens (tertiary/aromatic N) is 2. The van der Waals surface area contributed by atoms with E-state index in [4.69, 9.17) is 4.74 Å². The number of likely N-dealkylation sites (tertiary alicyclic amines) is 2. The molecule has 0 bridgehead atoms. The molecule has 26 heavy (non-hydrogen) atoms. The Morgan fingerprint density at radius 3 is 2.73 bits per heavy atom. The van der Waals surface area contributed by atoms with Crippen LogP contribution in [0.3, 0.4) is 0 Å². The van der Waals surface area contributed by atoms with Gasteiger partial charge in [0.05, 0.1) is 25.0 Å². The van der Waals surface area contributed by atoms with Gasteiger partial charge in [-0.15, -0.1) is 0 Å². The largest absolute Gasteiger partial charge is 0.466 e. The predicted molar refractivity (Wildman–Crippen MR) is 96.2 cm³/mol. The van der Waals surface area contributed by atoms with Gasteiger partial charge in [-0.05, 0) is 38.3 Å². The molecular formula is C20H26N2O4. The van der Waals surface area contributed by atoms with Crippen LogP contribution < -0.4 is 0 Å². The third kappa shape index (κ3) is 4.12. The van der Waals surface area contributed by atoms with Gasteiger partial charge < -0.3 is 4.74 Å². The molecule has 0 radical (unpaired) electrons. The van der Waals surface area contributed by atoms with Gasteiger partial charge in [-0.25, -0.2) is 0 Å². The summed E-state index contributed by atoms with van der Waals surface area (Å²) in [7, 11) is 0. The summed E-state index contributed by atoms with van der Waals surface area (Å²) in [6, 6.07) is 9.41. The molecule has 6 heteroatoms. The molecule has 2 amide bonds. The SMILES string of the molecule is CCOC(=O)[C@H]1CCCN([C@@H]2CC(=O)N(CCc3ccccc3)C2=O)C1. The number of hydrogen-bond donors (Lipinski definition) is 0. The van der Waals surface area contributed by atoms with Crippen LogP contribution in [0.2, 0.25) is 0 Å². The fourth-order valence-electron chi connectivity index (χ4n) is 3.81. The van der Waals surface area contributed by atoms with Crippen LogP contribution in [0.15, 0.2) is 30.3 Å². The first-order valence-electron chi connectivity index (χ1n) is 9.39. The molecule has 2 atom stereocenters. The summed E-state index contributed by atoms with van der Waals surface area (Å²) in [5, 5.41) is 0. The highest BCUT2D eigenvalue weighted by Crippen LogP contribution is 2.26. The summed E-state index contributed by atoms with van der Waals surface area (Å²) in [4.78, 5) is 40.5. The van der Waals surface area contributed by atoms with Crippen LogP contribution in [-0.2, 0) is 25.5 Å². The summed E-state index contributed by atoms with van der Waals surface area (Å²) in [5.74, 6) is -0.649. The number of esters is 1. The highest BCUT2D eigenvalue weighted by molar-refractivity contribution is 6.05. The average Bonchev–Trinajstić information content (AvgIpc) is 2.95. The van der Waals surface area contributed by atoms with E-state index >= 15 is 0 Å². The summed E-state index contributed by atoms with van der Waals surface area (Å²) in [5.41, 5.74) is 1.11. The fraction of sp³-hybridized carbons (Fsp3) is 0.550. The average molecular weight is 358 g/mol. The lowest BCUT2D eigenvalue weighted by molar-refractivity contribution is -0.151. The second-order valence-electron chi connectivity index (χ2n) is 6.93. The highest BCUT2D eigenvalue weighted by Gasteiger charge is 2.43. The Morgan fingerprint density at radius 1 is 1.23 bits per heavy atom. The van der Waals surface area contributed by atoms with Crippen molar-refractivity contribution in [2.75, 3.05) is 26.2 Å². The Labute approximate surface area is 154 Å². The Hall–Kier alpha value is -2.21. The molecule has 0 aromatic heterocycles. The molecule has 1 aromatic rings. The number of amides is 2. The first kappa shape index (κ1) is 18.6. The van der Waals surface area contributed by atoms with Crippen molar-refractivity contribution in [2.24, 2.45) is 5.92 Å². The first-order valence-corrected chi connectivity index (χ1v) is 9.39. The van der Waals surface area contributed by atoms with E-state index in [0.717, 1.165) is 24.9 Å². The maximum Gasteiger partial charge on any atom is 0.310 e. The second kappa shape index (κ2) is 8.45. The molecular weight excluding hydrogens is 332 g/mol.